The fourth-order valence-electron chi connectivity index (χ4n) is 2.82. The van der Waals surface area contributed by atoms with E-state index in [0.717, 1.165) is 17.2 Å². The molecule has 0 saturated carbocycles. The van der Waals surface area contributed by atoms with E-state index in [9.17, 15) is 13.2 Å². The van der Waals surface area contributed by atoms with Crippen LogP contribution < -0.4 is 5.32 Å². The van der Waals surface area contributed by atoms with Crippen LogP contribution in [-0.4, -0.2) is 35.8 Å². The summed E-state index contributed by atoms with van der Waals surface area (Å²) in [5.74, 6) is -0.327. The van der Waals surface area contributed by atoms with Crippen molar-refractivity contribution in [2.75, 3.05) is 11.6 Å². The van der Waals surface area contributed by atoms with Gasteiger partial charge in [0.2, 0.25) is 0 Å². The van der Waals surface area contributed by atoms with Crippen molar-refractivity contribution < 1.29 is 13.2 Å². The summed E-state index contributed by atoms with van der Waals surface area (Å²) in [5.41, 5.74) is 2.82. The number of anilines is 1. The van der Waals surface area contributed by atoms with Gasteiger partial charge in [-0.15, -0.1) is 10.2 Å². The molecule has 8 heteroatoms. The van der Waals surface area contributed by atoms with Crippen molar-refractivity contribution in [3.63, 3.8) is 0 Å². The summed E-state index contributed by atoms with van der Waals surface area (Å²) in [7, 11) is -3.41. The molecule has 1 N–H and O–H groups in total. The average molecular weight is 404 g/mol. The molecule has 2 heterocycles. The minimum absolute atomic E-state index is 0.0897. The number of carbonyl (C=O) groups is 1. The maximum Gasteiger partial charge on any atom is 0.274 e. The molecule has 0 atom stereocenters. The van der Waals surface area contributed by atoms with E-state index in [0.29, 0.717) is 22.6 Å². The van der Waals surface area contributed by atoms with Crippen LogP contribution >= 0.6 is 0 Å². The Labute approximate surface area is 167 Å². The predicted octanol–water partition coefficient (Wildman–Crippen LogP) is 3.35. The lowest BCUT2D eigenvalue weighted by Gasteiger charge is -2.08. The number of amides is 1. The third kappa shape index (κ3) is 4.12. The summed E-state index contributed by atoms with van der Waals surface area (Å²) in [6.07, 6.45) is 1.08. The zero-order chi connectivity index (χ0) is 20.4. The van der Waals surface area contributed by atoms with E-state index < -0.39 is 9.84 Å². The SMILES string of the molecule is CS(=O)(=O)c1ccc(-c2cccc(NC(=O)c3ccc4ccccc4n3)c2)nn1. The van der Waals surface area contributed by atoms with E-state index in [-0.39, 0.29) is 10.9 Å². The Balaban J connectivity index is 1.57. The monoisotopic (exact) mass is 404 g/mol. The number of para-hydroxylation sites is 1. The van der Waals surface area contributed by atoms with Crippen molar-refractivity contribution in [2.24, 2.45) is 0 Å². The van der Waals surface area contributed by atoms with Gasteiger partial charge in [0.05, 0.1) is 11.2 Å². The number of sulfone groups is 1. The van der Waals surface area contributed by atoms with Gasteiger partial charge >= 0.3 is 0 Å². The van der Waals surface area contributed by atoms with E-state index in [1.807, 2.05) is 30.3 Å². The molecule has 2 aromatic heterocycles. The van der Waals surface area contributed by atoms with Gasteiger partial charge in [-0.1, -0.05) is 36.4 Å². The van der Waals surface area contributed by atoms with Gasteiger partial charge in [0, 0.05) is 22.9 Å². The zero-order valence-electron chi connectivity index (χ0n) is 15.4. The highest BCUT2D eigenvalue weighted by atomic mass is 32.2. The Morgan fingerprint density at radius 2 is 1.72 bits per heavy atom. The number of pyridine rings is 1. The molecule has 0 aliphatic heterocycles. The lowest BCUT2D eigenvalue weighted by atomic mass is 10.1. The minimum atomic E-state index is -3.41. The predicted molar refractivity (Wildman–Crippen MR) is 110 cm³/mol. The number of nitrogens with one attached hydrogen (secondary N) is 1. The Hall–Kier alpha value is -3.65. The first-order valence-corrected chi connectivity index (χ1v) is 10.6. The number of hydrogen-bond acceptors (Lipinski definition) is 6. The fourth-order valence-corrected chi connectivity index (χ4v) is 3.32. The Morgan fingerprint density at radius 3 is 2.48 bits per heavy atom. The third-order valence-electron chi connectivity index (χ3n) is 4.27. The quantitative estimate of drug-likeness (QED) is 0.560. The summed E-state index contributed by atoms with van der Waals surface area (Å²) >= 11 is 0. The lowest BCUT2D eigenvalue weighted by Crippen LogP contribution is -2.13. The van der Waals surface area contributed by atoms with Crippen molar-refractivity contribution in [2.45, 2.75) is 5.03 Å². The van der Waals surface area contributed by atoms with Crippen LogP contribution in [0.1, 0.15) is 10.5 Å². The van der Waals surface area contributed by atoms with Crippen LogP contribution in [0.5, 0.6) is 0 Å². The Bertz CT molecular complexity index is 1320. The summed E-state index contributed by atoms with van der Waals surface area (Å²) in [5, 5.41) is 11.4. The third-order valence-corrected chi connectivity index (χ3v) is 5.24. The van der Waals surface area contributed by atoms with E-state index in [4.69, 9.17) is 0 Å². The highest BCUT2D eigenvalue weighted by Crippen LogP contribution is 2.22. The highest BCUT2D eigenvalue weighted by Gasteiger charge is 2.12. The van der Waals surface area contributed by atoms with Crippen LogP contribution in [-0.2, 0) is 9.84 Å². The van der Waals surface area contributed by atoms with Crippen LogP contribution in [0.15, 0.2) is 77.8 Å². The maximum absolute atomic E-state index is 12.6. The van der Waals surface area contributed by atoms with Crippen LogP contribution in [0, 0.1) is 0 Å². The van der Waals surface area contributed by atoms with Gasteiger partial charge in [-0.05, 0) is 36.4 Å². The molecule has 29 heavy (non-hydrogen) atoms. The largest absolute Gasteiger partial charge is 0.321 e. The molecule has 1 amide bonds. The number of nitrogens with zero attached hydrogens (tertiary/aromatic N) is 3. The molecule has 4 rings (SSSR count). The van der Waals surface area contributed by atoms with E-state index in [2.05, 4.69) is 20.5 Å². The molecular weight excluding hydrogens is 388 g/mol. The number of aromatic nitrogens is 3. The summed E-state index contributed by atoms with van der Waals surface area (Å²) in [4.78, 5) is 17.0. The first-order valence-electron chi connectivity index (χ1n) is 8.71. The van der Waals surface area contributed by atoms with Crippen molar-refractivity contribution in [1.29, 1.82) is 0 Å². The van der Waals surface area contributed by atoms with Crippen molar-refractivity contribution >= 4 is 32.3 Å². The molecule has 7 nitrogen and oxygen atoms in total. The first kappa shape index (κ1) is 18.7. The smallest absolute Gasteiger partial charge is 0.274 e. The average Bonchev–Trinajstić information content (AvgIpc) is 2.73. The lowest BCUT2D eigenvalue weighted by molar-refractivity contribution is 0.102. The van der Waals surface area contributed by atoms with Crippen molar-refractivity contribution in [1.82, 2.24) is 15.2 Å². The number of rotatable bonds is 4. The first-order chi connectivity index (χ1) is 13.9. The van der Waals surface area contributed by atoms with E-state index in [1.54, 1.807) is 36.4 Å². The van der Waals surface area contributed by atoms with E-state index >= 15 is 0 Å². The molecule has 0 spiro atoms. The van der Waals surface area contributed by atoms with Crippen LogP contribution in [0.4, 0.5) is 5.69 Å². The maximum atomic E-state index is 12.6. The van der Waals surface area contributed by atoms with Gasteiger partial charge < -0.3 is 5.32 Å². The second-order valence-corrected chi connectivity index (χ2v) is 8.42. The van der Waals surface area contributed by atoms with Gasteiger partial charge in [0.1, 0.15) is 5.69 Å². The normalized spacial score (nSPS) is 11.3. The topological polar surface area (TPSA) is 102 Å². The molecule has 2 aromatic carbocycles. The van der Waals surface area contributed by atoms with Crippen molar-refractivity contribution in [3.8, 4) is 11.3 Å². The van der Waals surface area contributed by atoms with Gasteiger partial charge in [-0.25, -0.2) is 13.4 Å². The van der Waals surface area contributed by atoms with Crippen LogP contribution in [0.3, 0.4) is 0 Å². The molecular formula is C21H16N4O3S. The fraction of sp³-hybridized carbons (Fsp3) is 0.0476. The molecule has 0 bridgehead atoms. The van der Waals surface area contributed by atoms with Crippen LogP contribution in [0.25, 0.3) is 22.2 Å². The second-order valence-electron chi connectivity index (χ2n) is 6.45. The minimum Gasteiger partial charge on any atom is -0.321 e. The molecule has 0 aliphatic rings. The number of carbonyl (C=O) groups excluding carboxylic acids is 1. The number of fused-ring (bicyclic) bond motifs is 1. The van der Waals surface area contributed by atoms with Gasteiger partial charge in [-0.2, -0.15) is 0 Å². The summed E-state index contributed by atoms with van der Waals surface area (Å²) < 4.78 is 23.0. The molecule has 0 fully saturated rings. The van der Waals surface area contributed by atoms with Gasteiger partial charge in [-0.3, -0.25) is 4.79 Å². The molecule has 0 radical (unpaired) electrons. The molecule has 0 aliphatic carbocycles. The summed E-state index contributed by atoms with van der Waals surface area (Å²) in [6, 6.07) is 21.1. The van der Waals surface area contributed by atoms with E-state index in [1.165, 1.54) is 6.07 Å². The Kier molecular flexibility index (Phi) is 4.77. The van der Waals surface area contributed by atoms with Gasteiger partial charge in [0.25, 0.3) is 5.91 Å². The Morgan fingerprint density at radius 1 is 0.897 bits per heavy atom. The molecule has 4 aromatic rings. The van der Waals surface area contributed by atoms with Crippen molar-refractivity contribution in [3.05, 3.63) is 78.5 Å². The second kappa shape index (κ2) is 7.40. The zero-order valence-corrected chi connectivity index (χ0v) is 16.2. The standard InChI is InChI=1S/C21H16N4O3S/c1-29(27,28)20-12-11-18(24-25-20)15-6-4-7-16(13-15)22-21(26)19-10-9-14-5-2-3-8-17(14)23-19/h2-13H,1H3,(H,22,26). The van der Waals surface area contributed by atoms with Crippen LogP contribution in [0.2, 0.25) is 0 Å². The highest BCUT2D eigenvalue weighted by molar-refractivity contribution is 7.90. The number of hydrogen-bond donors (Lipinski definition) is 1. The molecule has 144 valence electrons. The molecule has 0 saturated heterocycles. The molecule has 0 unspecified atom stereocenters. The summed E-state index contributed by atoms with van der Waals surface area (Å²) in [6.45, 7) is 0. The number of benzene rings is 2. The van der Waals surface area contributed by atoms with Gasteiger partial charge in [0.15, 0.2) is 14.9 Å².